The van der Waals surface area contributed by atoms with Gasteiger partial charge in [-0.2, -0.15) is 0 Å². The summed E-state index contributed by atoms with van der Waals surface area (Å²) in [6.45, 7) is 3.03. The number of nitrogens with zero attached hydrogens (tertiary/aromatic N) is 2. The molecule has 0 unspecified atom stereocenters. The Morgan fingerprint density at radius 3 is 2.17 bits per heavy atom. The quantitative estimate of drug-likeness (QED) is 0.740. The lowest BCUT2D eigenvalue weighted by atomic mass is 9.78. The first-order valence-electron chi connectivity index (χ1n) is 8.99. The van der Waals surface area contributed by atoms with Crippen molar-refractivity contribution in [3.8, 4) is 0 Å². The van der Waals surface area contributed by atoms with E-state index in [1.165, 1.54) is 44.8 Å². The maximum absolute atomic E-state index is 12.3. The number of rotatable bonds is 6. The number of likely N-dealkylation sites (tertiary alicyclic amines) is 1. The van der Waals surface area contributed by atoms with Gasteiger partial charge >= 0.3 is 0 Å². The van der Waals surface area contributed by atoms with Crippen molar-refractivity contribution in [1.29, 1.82) is 0 Å². The van der Waals surface area contributed by atoms with Gasteiger partial charge in [0.15, 0.2) is 0 Å². The van der Waals surface area contributed by atoms with Crippen molar-refractivity contribution in [2.24, 2.45) is 0 Å². The Morgan fingerprint density at radius 2 is 1.61 bits per heavy atom. The zero-order valence-electron chi connectivity index (χ0n) is 14.7. The third-order valence-electron chi connectivity index (χ3n) is 5.46. The summed E-state index contributed by atoms with van der Waals surface area (Å²) < 4.78 is 22.6. The molecule has 1 aliphatic heterocycles. The first kappa shape index (κ1) is 18.7. The number of hydrogen-bond donors (Lipinski definition) is 0. The molecule has 0 aromatic carbocycles. The molecule has 2 aliphatic rings. The Bertz CT molecular complexity index is 492. The van der Waals surface area contributed by atoms with Crippen molar-refractivity contribution in [3.05, 3.63) is 0 Å². The molecule has 0 aromatic heterocycles. The van der Waals surface area contributed by atoms with Crippen LogP contribution in [0.5, 0.6) is 0 Å². The minimum Gasteiger partial charge on any atom is -0.344 e. The van der Waals surface area contributed by atoms with Crippen molar-refractivity contribution in [2.45, 2.75) is 63.3 Å². The molecule has 0 aromatic rings. The maximum atomic E-state index is 12.3. The van der Waals surface area contributed by atoms with Gasteiger partial charge in [-0.05, 0) is 38.8 Å². The van der Waals surface area contributed by atoms with Gasteiger partial charge in [-0.3, -0.25) is 9.69 Å². The second-order valence-corrected chi connectivity index (χ2v) is 9.72. The van der Waals surface area contributed by atoms with Crippen LogP contribution in [0.2, 0.25) is 0 Å². The lowest BCUT2D eigenvalue weighted by Gasteiger charge is -2.49. The summed E-state index contributed by atoms with van der Waals surface area (Å²) >= 11 is 0. The van der Waals surface area contributed by atoms with Crippen LogP contribution in [-0.2, 0) is 14.6 Å². The summed E-state index contributed by atoms with van der Waals surface area (Å²) in [5.41, 5.74) is 0.119. The van der Waals surface area contributed by atoms with E-state index in [0.29, 0.717) is 0 Å². The van der Waals surface area contributed by atoms with Crippen LogP contribution in [0.1, 0.15) is 57.8 Å². The number of amides is 1. The lowest BCUT2D eigenvalue weighted by molar-refractivity contribution is -0.132. The standard InChI is InChI=1S/C17H32N2O3S/c1-18(16(20)9-14-23(2,21)22)15-17(10-5-3-6-11-17)19-12-7-4-8-13-19/h3-15H2,1-2H3. The van der Waals surface area contributed by atoms with Crippen LogP contribution in [0.25, 0.3) is 0 Å². The highest BCUT2D eigenvalue weighted by Gasteiger charge is 2.39. The predicted octanol–water partition coefficient (Wildman–Crippen LogP) is 2.07. The number of hydrogen-bond acceptors (Lipinski definition) is 4. The van der Waals surface area contributed by atoms with Gasteiger partial charge in [0.05, 0.1) is 5.75 Å². The number of likely N-dealkylation sites (N-methyl/N-ethyl adjacent to an activating group) is 1. The smallest absolute Gasteiger partial charge is 0.223 e. The molecule has 0 radical (unpaired) electrons. The number of sulfone groups is 1. The van der Waals surface area contributed by atoms with Crippen LogP contribution in [-0.4, -0.2) is 68.4 Å². The summed E-state index contributed by atoms with van der Waals surface area (Å²) in [5.74, 6) is -0.0928. The highest BCUT2D eigenvalue weighted by Crippen LogP contribution is 2.36. The fraction of sp³-hybridized carbons (Fsp3) is 0.941. The molecule has 1 saturated carbocycles. The monoisotopic (exact) mass is 344 g/mol. The summed E-state index contributed by atoms with van der Waals surface area (Å²) in [4.78, 5) is 16.7. The van der Waals surface area contributed by atoms with Gasteiger partial charge in [0.1, 0.15) is 9.84 Å². The fourth-order valence-corrected chi connectivity index (χ4v) is 4.69. The van der Waals surface area contributed by atoms with E-state index in [1.54, 1.807) is 4.90 Å². The van der Waals surface area contributed by atoms with Crippen LogP contribution in [0.15, 0.2) is 0 Å². The fourth-order valence-electron chi connectivity index (χ4n) is 4.15. The van der Waals surface area contributed by atoms with Gasteiger partial charge in [0.2, 0.25) is 5.91 Å². The molecular formula is C17H32N2O3S. The molecule has 2 rings (SSSR count). The normalized spacial score (nSPS) is 22.7. The SMILES string of the molecule is CN(CC1(N2CCCCC2)CCCCC1)C(=O)CCS(C)(=O)=O. The minimum atomic E-state index is -3.08. The van der Waals surface area contributed by atoms with E-state index in [0.717, 1.165) is 32.5 Å². The van der Waals surface area contributed by atoms with Crippen molar-refractivity contribution < 1.29 is 13.2 Å². The average molecular weight is 345 g/mol. The maximum Gasteiger partial charge on any atom is 0.223 e. The Balaban J connectivity index is 2.00. The Hall–Kier alpha value is -0.620. The van der Waals surface area contributed by atoms with Crippen molar-refractivity contribution in [1.82, 2.24) is 9.80 Å². The molecule has 0 bridgehead atoms. The molecule has 2 fully saturated rings. The molecule has 5 nitrogen and oxygen atoms in total. The molecule has 134 valence electrons. The molecule has 6 heteroatoms. The molecule has 0 N–H and O–H groups in total. The summed E-state index contributed by atoms with van der Waals surface area (Å²) in [5, 5.41) is 0. The highest BCUT2D eigenvalue weighted by molar-refractivity contribution is 7.90. The average Bonchev–Trinajstić information content (AvgIpc) is 2.53. The first-order chi connectivity index (χ1) is 10.8. The van der Waals surface area contributed by atoms with Gasteiger partial charge in [-0.15, -0.1) is 0 Å². The number of piperidine rings is 1. The van der Waals surface area contributed by atoms with Crippen LogP contribution in [0.3, 0.4) is 0 Å². The zero-order valence-corrected chi connectivity index (χ0v) is 15.5. The Labute approximate surface area is 141 Å². The van der Waals surface area contributed by atoms with Crippen molar-refractivity contribution in [2.75, 3.05) is 38.7 Å². The molecule has 23 heavy (non-hydrogen) atoms. The van der Waals surface area contributed by atoms with Crippen molar-refractivity contribution >= 4 is 15.7 Å². The van der Waals surface area contributed by atoms with E-state index >= 15 is 0 Å². The third kappa shape index (κ3) is 5.45. The molecule has 0 atom stereocenters. The van der Waals surface area contributed by atoms with Gasteiger partial charge in [-0.25, -0.2) is 8.42 Å². The second kappa shape index (κ2) is 7.97. The van der Waals surface area contributed by atoms with Crippen LogP contribution >= 0.6 is 0 Å². The minimum absolute atomic E-state index is 0.0441. The zero-order chi connectivity index (χ0) is 16.9. The summed E-state index contributed by atoms with van der Waals surface area (Å²) in [6, 6.07) is 0. The van der Waals surface area contributed by atoms with E-state index in [4.69, 9.17) is 0 Å². The molecular weight excluding hydrogens is 312 g/mol. The topological polar surface area (TPSA) is 57.7 Å². The predicted molar refractivity (Wildman–Crippen MR) is 93.2 cm³/mol. The van der Waals surface area contributed by atoms with Crippen LogP contribution in [0.4, 0.5) is 0 Å². The Morgan fingerprint density at radius 1 is 1.04 bits per heavy atom. The summed E-state index contributed by atoms with van der Waals surface area (Å²) in [7, 11) is -1.24. The van der Waals surface area contributed by atoms with E-state index in [9.17, 15) is 13.2 Å². The van der Waals surface area contributed by atoms with Gasteiger partial charge in [0.25, 0.3) is 0 Å². The van der Waals surface area contributed by atoms with Gasteiger partial charge < -0.3 is 4.90 Å². The van der Waals surface area contributed by atoms with E-state index in [-0.39, 0.29) is 23.6 Å². The highest BCUT2D eigenvalue weighted by atomic mass is 32.2. The van der Waals surface area contributed by atoms with Gasteiger partial charge in [0, 0.05) is 31.8 Å². The largest absolute Gasteiger partial charge is 0.344 e. The van der Waals surface area contributed by atoms with Crippen LogP contribution in [0, 0.1) is 0 Å². The molecule has 1 saturated heterocycles. The third-order valence-corrected chi connectivity index (χ3v) is 6.40. The number of carbonyl (C=O) groups is 1. The van der Waals surface area contributed by atoms with E-state index in [1.807, 2.05) is 7.05 Å². The lowest BCUT2D eigenvalue weighted by Crippen LogP contribution is -2.58. The molecule has 0 spiro atoms. The molecule has 1 aliphatic carbocycles. The van der Waals surface area contributed by atoms with Crippen LogP contribution < -0.4 is 0 Å². The second-order valence-electron chi connectivity index (χ2n) is 7.46. The molecule has 1 heterocycles. The number of carbonyl (C=O) groups excluding carboxylic acids is 1. The summed E-state index contributed by atoms with van der Waals surface area (Å²) in [6.07, 6.45) is 11.2. The Kier molecular flexibility index (Phi) is 6.48. The van der Waals surface area contributed by atoms with Gasteiger partial charge in [-0.1, -0.05) is 25.7 Å². The first-order valence-corrected chi connectivity index (χ1v) is 11.1. The van der Waals surface area contributed by atoms with E-state index < -0.39 is 9.84 Å². The van der Waals surface area contributed by atoms with E-state index in [2.05, 4.69) is 4.90 Å². The van der Waals surface area contributed by atoms with Crippen molar-refractivity contribution in [3.63, 3.8) is 0 Å². The molecule has 1 amide bonds.